The van der Waals surface area contributed by atoms with Crippen LogP contribution in [0.2, 0.25) is 0 Å². The fourth-order valence-electron chi connectivity index (χ4n) is 4.16. The number of phenols is 2. The summed E-state index contributed by atoms with van der Waals surface area (Å²) in [5.74, 6) is -0.0130. The molecule has 150 valence electrons. The van der Waals surface area contributed by atoms with Crippen LogP contribution in [-0.4, -0.2) is 70.9 Å². The maximum absolute atomic E-state index is 10.0. The summed E-state index contributed by atoms with van der Waals surface area (Å²) in [6.07, 6.45) is 5.62. The van der Waals surface area contributed by atoms with Gasteiger partial charge in [-0.3, -0.25) is 9.98 Å². The Morgan fingerprint density at radius 3 is 2.89 bits per heavy atom. The molecule has 0 amide bonds. The van der Waals surface area contributed by atoms with E-state index in [-0.39, 0.29) is 18.1 Å². The fourth-order valence-corrected chi connectivity index (χ4v) is 4.16. The van der Waals surface area contributed by atoms with E-state index in [1.165, 1.54) is 6.07 Å². The van der Waals surface area contributed by atoms with Crippen LogP contribution in [0.15, 0.2) is 17.1 Å². The number of aromatic nitrogens is 1. The van der Waals surface area contributed by atoms with Crippen molar-refractivity contribution in [1.82, 2.24) is 9.88 Å². The fraction of sp³-hybridized carbons (Fsp3) is 0.524. The van der Waals surface area contributed by atoms with E-state index in [2.05, 4.69) is 4.90 Å². The number of rotatable bonds is 4. The van der Waals surface area contributed by atoms with Crippen LogP contribution < -0.4 is 0 Å². The van der Waals surface area contributed by atoms with Crippen molar-refractivity contribution < 1.29 is 20.1 Å². The van der Waals surface area contributed by atoms with Gasteiger partial charge in [0.2, 0.25) is 0 Å². The van der Waals surface area contributed by atoms with Gasteiger partial charge in [-0.25, -0.2) is 0 Å². The summed E-state index contributed by atoms with van der Waals surface area (Å²) in [5, 5.41) is 29.9. The van der Waals surface area contributed by atoms with Gasteiger partial charge in [-0.1, -0.05) is 0 Å². The van der Waals surface area contributed by atoms with Gasteiger partial charge in [0, 0.05) is 54.4 Å². The number of pyridine rings is 1. The minimum Gasteiger partial charge on any atom is -0.504 e. The first-order chi connectivity index (χ1) is 13.7. The van der Waals surface area contributed by atoms with Crippen molar-refractivity contribution in [2.75, 3.05) is 39.5 Å². The molecule has 0 bridgehead atoms. The van der Waals surface area contributed by atoms with Gasteiger partial charge >= 0.3 is 0 Å². The third-order valence-electron chi connectivity index (χ3n) is 5.59. The van der Waals surface area contributed by atoms with E-state index in [4.69, 9.17) is 14.7 Å². The van der Waals surface area contributed by atoms with Crippen molar-refractivity contribution in [2.24, 2.45) is 10.9 Å². The van der Waals surface area contributed by atoms with E-state index in [0.29, 0.717) is 37.6 Å². The van der Waals surface area contributed by atoms with E-state index in [1.54, 1.807) is 6.07 Å². The average molecular weight is 385 g/mol. The summed E-state index contributed by atoms with van der Waals surface area (Å²) in [4.78, 5) is 11.9. The van der Waals surface area contributed by atoms with Crippen LogP contribution in [0.1, 0.15) is 24.1 Å². The Morgan fingerprint density at radius 1 is 1.21 bits per heavy atom. The first kappa shape index (κ1) is 19.1. The highest BCUT2D eigenvalue weighted by molar-refractivity contribution is 5.95. The number of hydrogen-bond donors (Lipinski definition) is 3. The van der Waals surface area contributed by atoms with Gasteiger partial charge in [0.25, 0.3) is 0 Å². The molecule has 1 aromatic heterocycles. The van der Waals surface area contributed by atoms with E-state index >= 15 is 0 Å². The molecule has 7 nitrogen and oxygen atoms in total. The highest BCUT2D eigenvalue weighted by Gasteiger charge is 2.21. The lowest BCUT2D eigenvalue weighted by atomic mass is 9.98. The highest BCUT2D eigenvalue weighted by Crippen LogP contribution is 2.38. The molecule has 3 N–H and O–H groups in total. The van der Waals surface area contributed by atoms with E-state index in [1.807, 2.05) is 6.21 Å². The van der Waals surface area contributed by atoms with E-state index in [0.717, 1.165) is 54.7 Å². The second-order valence-corrected chi connectivity index (χ2v) is 7.56. The number of piperidine rings is 1. The molecule has 4 rings (SSSR count). The molecule has 7 heteroatoms. The summed E-state index contributed by atoms with van der Waals surface area (Å²) < 4.78 is 5.62. The number of phenolic OH excluding ortho intramolecular Hbond substituents is 2. The number of benzene rings is 1. The minimum atomic E-state index is -0.174. The quantitative estimate of drug-likeness (QED) is 0.551. The first-order valence-corrected chi connectivity index (χ1v) is 9.98. The van der Waals surface area contributed by atoms with Crippen LogP contribution in [0.5, 0.6) is 11.5 Å². The first-order valence-electron chi connectivity index (χ1n) is 9.98. The molecule has 1 unspecified atom stereocenters. The van der Waals surface area contributed by atoms with Crippen molar-refractivity contribution >= 4 is 22.8 Å². The van der Waals surface area contributed by atoms with Crippen molar-refractivity contribution in [3.63, 3.8) is 0 Å². The maximum atomic E-state index is 10.0. The monoisotopic (exact) mass is 385 g/mol. The Balaban J connectivity index is 1.73. The lowest BCUT2D eigenvalue weighted by Gasteiger charge is -2.30. The van der Waals surface area contributed by atoms with Gasteiger partial charge in [-0.05, 0) is 31.9 Å². The van der Waals surface area contributed by atoms with Crippen LogP contribution in [-0.2, 0) is 17.6 Å². The van der Waals surface area contributed by atoms with Gasteiger partial charge in [0.1, 0.15) is 0 Å². The van der Waals surface area contributed by atoms with Crippen LogP contribution in [0.3, 0.4) is 0 Å². The Labute approximate surface area is 164 Å². The molecule has 1 fully saturated rings. The van der Waals surface area contributed by atoms with E-state index in [9.17, 15) is 15.3 Å². The van der Waals surface area contributed by atoms with Crippen molar-refractivity contribution in [2.45, 2.75) is 25.7 Å². The molecule has 28 heavy (non-hydrogen) atoms. The predicted octanol–water partition coefficient (Wildman–Crippen LogP) is 2.17. The van der Waals surface area contributed by atoms with Gasteiger partial charge in [-0.2, -0.15) is 0 Å². The molecule has 1 aromatic carbocycles. The van der Waals surface area contributed by atoms with Crippen LogP contribution in [0.4, 0.5) is 5.69 Å². The molecule has 0 radical (unpaired) electrons. The molecule has 1 saturated heterocycles. The number of aliphatic hydroxyl groups is 1. The maximum Gasteiger partial charge on any atom is 0.159 e. The standard InChI is InChI=1S/C21H27N3O4/c25-7-6-24-5-1-2-14(13-24)12-22-21-15-3-8-28-9-4-17(15)23-18-11-20(27)19(26)10-16(18)21/h10-12,14,25-27H,1-9,13H2. The van der Waals surface area contributed by atoms with Crippen LogP contribution >= 0.6 is 0 Å². The van der Waals surface area contributed by atoms with Crippen molar-refractivity contribution in [3.8, 4) is 11.5 Å². The largest absolute Gasteiger partial charge is 0.504 e. The minimum absolute atomic E-state index is 0.164. The van der Waals surface area contributed by atoms with Gasteiger partial charge in [-0.15, -0.1) is 0 Å². The van der Waals surface area contributed by atoms with Gasteiger partial charge in [0.15, 0.2) is 11.5 Å². The number of fused-ring (bicyclic) bond motifs is 2. The lowest BCUT2D eigenvalue weighted by molar-refractivity contribution is 0.146. The number of β-amino-alcohol motifs (C(OH)–C–C–N with tert-alkyl or cyclic N) is 1. The zero-order valence-corrected chi connectivity index (χ0v) is 16.0. The number of aromatic hydroxyl groups is 2. The zero-order chi connectivity index (χ0) is 19.5. The normalized spacial score (nSPS) is 21.1. The molecule has 0 spiro atoms. The van der Waals surface area contributed by atoms with Gasteiger partial charge < -0.3 is 25.0 Å². The molecule has 2 aromatic rings. The SMILES string of the molecule is OCCN1CCCC(C=Nc2c3c(nc4cc(O)c(O)cc24)CCOCC3)C1. The molecule has 2 aliphatic rings. The van der Waals surface area contributed by atoms with E-state index < -0.39 is 0 Å². The van der Waals surface area contributed by atoms with Crippen LogP contribution in [0, 0.1) is 5.92 Å². The molecular formula is C21H27N3O4. The number of hydrogen-bond acceptors (Lipinski definition) is 7. The molecule has 1 atom stereocenters. The summed E-state index contributed by atoms with van der Waals surface area (Å²) >= 11 is 0. The predicted molar refractivity (Wildman–Crippen MR) is 108 cm³/mol. The van der Waals surface area contributed by atoms with Crippen molar-refractivity contribution in [3.05, 3.63) is 23.4 Å². The second-order valence-electron chi connectivity index (χ2n) is 7.56. The van der Waals surface area contributed by atoms with Gasteiger partial charge in [0.05, 0.1) is 31.0 Å². The zero-order valence-electron chi connectivity index (χ0n) is 16.0. The average Bonchev–Trinajstić information content (AvgIpc) is 2.92. The lowest BCUT2D eigenvalue weighted by Crippen LogP contribution is -2.37. The number of aliphatic imine (C=N–C) groups is 1. The van der Waals surface area contributed by atoms with Crippen LogP contribution in [0.25, 0.3) is 10.9 Å². The summed E-state index contributed by atoms with van der Waals surface area (Å²) in [7, 11) is 0. The Morgan fingerprint density at radius 2 is 2.04 bits per heavy atom. The Bertz CT molecular complexity index is 882. The summed E-state index contributed by atoms with van der Waals surface area (Å²) in [5.41, 5.74) is 3.47. The molecule has 2 aliphatic heterocycles. The molecule has 3 heterocycles. The summed E-state index contributed by atoms with van der Waals surface area (Å²) in [6.45, 7) is 4.03. The number of likely N-dealkylation sites (tertiary alicyclic amines) is 1. The Hall–Kier alpha value is -2.22. The highest BCUT2D eigenvalue weighted by atomic mass is 16.5. The smallest absolute Gasteiger partial charge is 0.159 e. The third-order valence-corrected chi connectivity index (χ3v) is 5.59. The third kappa shape index (κ3) is 3.97. The number of nitrogens with zero attached hydrogens (tertiary/aromatic N) is 3. The molecular weight excluding hydrogens is 358 g/mol. The summed E-state index contributed by atoms with van der Waals surface area (Å²) in [6, 6.07) is 3.05. The van der Waals surface area contributed by atoms with Crippen molar-refractivity contribution in [1.29, 1.82) is 0 Å². The Kier molecular flexibility index (Phi) is 5.75. The second kappa shape index (κ2) is 8.43. The molecule has 0 saturated carbocycles. The number of ether oxygens (including phenoxy) is 1. The molecule has 0 aliphatic carbocycles. The topological polar surface area (TPSA) is 98.4 Å². The number of aliphatic hydroxyl groups excluding tert-OH is 1.